The van der Waals surface area contributed by atoms with Gasteiger partial charge in [-0.05, 0) is 17.7 Å². The molecular weight excluding hydrogens is 244 g/mol. The molecule has 0 saturated heterocycles. The summed E-state index contributed by atoms with van der Waals surface area (Å²) in [6.45, 7) is 4.14. The number of sulfone groups is 1. The van der Waals surface area contributed by atoms with Crippen LogP contribution in [0.3, 0.4) is 0 Å². The molecule has 2 aliphatic rings. The van der Waals surface area contributed by atoms with E-state index in [1.54, 1.807) is 18.2 Å². The summed E-state index contributed by atoms with van der Waals surface area (Å²) < 4.78 is 24.9. The minimum Gasteiger partial charge on any atom is -0.218 e. The Labute approximate surface area is 107 Å². The number of fused-ring (bicyclic) bond motifs is 3. The van der Waals surface area contributed by atoms with E-state index in [0.29, 0.717) is 9.80 Å². The standard InChI is InChI=1S/C15H14O2S/c1-15(2)9-5-8-14-12(10-15)11-6-3-4-7-13(11)18(14,16)17/h3-10H,1-2H3. The van der Waals surface area contributed by atoms with Crippen molar-refractivity contribution in [2.45, 2.75) is 18.7 Å². The summed E-state index contributed by atoms with van der Waals surface area (Å²) in [5.41, 5.74) is 1.52. The molecule has 0 aromatic heterocycles. The zero-order valence-corrected chi connectivity index (χ0v) is 11.2. The van der Waals surface area contributed by atoms with Gasteiger partial charge < -0.3 is 0 Å². The zero-order chi connectivity index (χ0) is 13.0. The van der Waals surface area contributed by atoms with Gasteiger partial charge in [0.05, 0.1) is 9.80 Å². The summed E-state index contributed by atoms with van der Waals surface area (Å²) in [5, 5.41) is 0. The molecule has 1 aliphatic heterocycles. The van der Waals surface area contributed by atoms with Gasteiger partial charge in [0.2, 0.25) is 9.84 Å². The van der Waals surface area contributed by atoms with Gasteiger partial charge in [0.15, 0.2) is 0 Å². The quantitative estimate of drug-likeness (QED) is 0.715. The van der Waals surface area contributed by atoms with Gasteiger partial charge in [-0.2, -0.15) is 0 Å². The van der Waals surface area contributed by atoms with Crippen molar-refractivity contribution in [1.29, 1.82) is 0 Å². The third-order valence-electron chi connectivity index (χ3n) is 3.31. The lowest BCUT2D eigenvalue weighted by Crippen LogP contribution is -2.02. The van der Waals surface area contributed by atoms with Crippen molar-refractivity contribution in [2.75, 3.05) is 0 Å². The average molecular weight is 258 g/mol. The Hall–Kier alpha value is -1.61. The molecule has 0 radical (unpaired) electrons. The van der Waals surface area contributed by atoms with Crippen LogP contribution in [0, 0.1) is 5.41 Å². The van der Waals surface area contributed by atoms with E-state index in [1.165, 1.54) is 0 Å². The minimum atomic E-state index is -3.34. The Morgan fingerprint density at radius 3 is 2.61 bits per heavy atom. The van der Waals surface area contributed by atoms with Crippen LogP contribution in [0.2, 0.25) is 0 Å². The normalized spacial score (nSPS) is 22.6. The Morgan fingerprint density at radius 1 is 1.11 bits per heavy atom. The number of benzene rings is 1. The van der Waals surface area contributed by atoms with Gasteiger partial charge in [-0.3, -0.25) is 0 Å². The van der Waals surface area contributed by atoms with E-state index in [2.05, 4.69) is 13.8 Å². The van der Waals surface area contributed by atoms with Crippen molar-refractivity contribution in [3.05, 3.63) is 59.0 Å². The number of allylic oxidation sites excluding steroid dienone is 5. The fourth-order valence-electron chi connectivity index (χ4n) is 2.45. The van der Waals surface area contributed by atoms with Crippen LogP contribution in [-0.2, 0) is 9.84 Å². The van der Waals surface area contributed by atoms with Crippen molar-refractivity contribution >= 4 is 15.4 Å². The molecule has 3 heteroatoms. The molecule has 0 bridgehead atoms. The van der Waals surface area contributed by atoms with Crippen molar-refractivity contribution in [3.8, 4) is 0 Å². The van der Waals surface area contributed by atoms with E-state index in [9.17, 15) is 8.42 Å². The molecule has 2 nitrogen and oxygen atoms in total. The maximum Gasteiger partial charge on any atom is 0.207 e. The molecule has 1 aromatic carbocycles. The second-order valence-electron chi connectivity index (χ2n) is 5.27. The lowest BCUT2D eigenvalue weighted by molar-refractivity contribution is 0.604. The van der Waals surface area contributed by atoms with Gasteiger partial charge in [0, 0.05) is 11.0 Å². The monoisotopic (exact) mass is 258 g/mol. The van der Waals surface area contributed by atoms with E-state index in [-0.39, 0.29) is 5.41 Å². The molecule has 92 valence electrons. The van der Waals surface area contributed by atoms with Gasteiger partial charge in [-0.1, -0.05) is 50.3 Å². The van der Waals surface area contributed by atoms with Crippen LogP contribution in [0.15, 0.2) is 58.4 Å². The summed E-state index contributed by atoms with van der Waals surface area (Å²) in [7, 11) is -3.34. The topological polar surface area (TPSA) is 34.1 Å². The Bertz CT molecular complexity index is 717. The molecule has 0 N–H and O–H groups in total. The highest BCUT2D eigenvalue weighted by Crippen LogP contribution is 2.45. The van der Waals surface area contributed by atoms with Gasteiger partial charge >= 0.3 is 0 Å². The Balaban J connectivity index is 2.40. The van der Waals surface area contributed by atoms with Crippen molar-refractivity contribution in [2.24, 2.45) is 5.41 Å². The van der Waals surface area contributed by atoms with Crippen molar-refractivity contribution < 1.29 is 8.42 Å². The largest absolute Gasteiger partial charge is 0.218 e. The molecule has 0 spiro atoms. The predicted octanol–water partition coefficient (Wildman–Crippen LogP) is 3.34. The van der Waals surface area contributed by atoms with Crippen molar-refractivity contribution in [3.63, 3.8) is 0 Å². The highest BCUT2D eigenvalue weighted by molar-refractivity contribution is 7.96. The van der Waals surface area contributed by atoms with Crippen LogP contribution >= 0.6 is 0 Å². The smallest absolute Gasteiger partial charge is 0.207 e. The minimum absolute atomic E-state index is 0.138. The highest BCUT2D eigenvalue weighted by Gasteiger charge is 2.36. The molecule has 1 aromatic rings. The summed E-state index contributed by atoms with van der Waals surface area (Å²) >= 11 is 0. The Morgan fingerprint density at radius 2 is 1.83 bits per heavy atom. The van der Waals surface area contributed by atoms with Gasteiger partial charge in [-0.15, -0.1) is 0 Å². The number of rotatable bonds is 0. The van der Waals surface area contributed by atoms with Crippen molar-refractivity contribution in [1.82, 2.24) is 0 Å². The lowest BCUT2D eigenvalue weighted by Gasteiger charge is -2.14. The molecule has 1 aliphatic carbocycles. The zero-order valence-electron chi connectivity index (χ0n) is 10.3. The molecule has 0 atom stereocenters. The van der Waals surface area contributed by atoms with E-state index in [0.717, 1.165) is 11.1 Å². The van der Waals surface area contributed by atoms with Gasteiger partial charge in [0.25, 0.3) is 0 Å². The molecule has 3 rings (SSSR count). The van der Waals surface area contributed by atoms with Gasteiger partial charge in [0.1, 0.15) is 0 Å². The molecule has 0 fully saturated rings. The van der Waals surface area contributed by atoms with Crippen LogP contribution in [-0.4, -0.2) is 8.42 Å². The second kappa shape index (κ2) is 3.45. The summed E-state index contributed by atoms with van der Waals surface area (Å²) in [6, 6.07) is 7.20. The highest BCUT2D eigenvalue weighted by atomic mass is 32.2. The van der Waals surface area contributed by atoms with E-state index in [1.807, 2.05) is 30.4 Å². The molecule has 18 heavy (non-hydrogen) atoms. The van der Waals surface area contributed by atoms with Crippen LogP contribution in [0.1, 0.15) is 19.4 Å². The summed E-state index contributed by atoms with van der Waals surface area (Å²) in [6.07, 6.45) is 7.59. The number of hydrogen-bond donors (Lipinski definition) is 0. The fourth-order valence-corrected chi connectivity index (χ4v) is 4.13. The Kier molecular flexibility index (Phi) is 2.20. The average Bonchev–Trinajstić information content (AvgIpc) is 2.45. The summed E-state index contributed by atoms with van der Waals surface area (Å²) in [5.74, 6) is 0. The molecule has 0 amide bonds. The SMILES string of the molecule is CC1(C)C=CC=C2C(=C1)c1ccccc1S2(=O)=O. The summed E-state index contributed by atoms with van der Waals surface area (Å²) in [4.78, 5) is 0.846. The van der Waals surface area contributed by atoms with E-state index in [4.69, 9.17) is 0 Å². The third kappa shape index (κ3) is 1.51. The second-order valence-corrected chi connectivity index (χ2v) is 7.16. The molecular formula is C15H14O2S. The van der Waals surface area contributed by atoms with Crippen LogP contribution in [0.5, 0.6) is 0 Å². The predicted molar refractivity (Wildman–Crippen MR) is 72.6 cm³/mol. The first-order valence-corrected chi connectivity index (χ1v) is 7.37. The first kappa shape index (κ1) is 11.5. The molecule has 1 heterocycles. The third-order valence-corrected chi connectivity index (χ3v) is 5.18. The van der Waals surface area contributed by atoms with Crippen LogP contribution in [0.25, 0.3) is 5.57 Å². The molecule has 0 unspecified atom stereocenters. The molecule has 0 saturated carbocycles. The first-order valence-electron chi connectivity index (χ1n) is 5.89. The van der Waals surface area contributed by atoms with Crippen LogP contribution < -0.4 is 0 Å². The van der Waals surface area contributed by atoms with Crippen LogP contribution in [0.4, 0.5) is 0 Å². The maximum absolute atomic E-state index is 12.4. The van der Waals surface area contributed by atoms with E-state index < -0.39 is 9.84 Å². The first-order chi connectivity index (χ1) is 8.42. The van der Waals surface area contributed by atoms with Gasteiger partial charge in [-0.25, -0.2) is 8.42 Å². The fraction of sp³-hybridized carbons (Fsp3) is 0.200. The van der Waals surface area contributed by atoms with E-state index >= 15 is 0 Å². The lowest BCUT2D eigenvalue weighted by atomic mass is 9.89. The maximum atomic E-state index is 12.4. The number of hydrogen-bond acceptors (Lipinski definition) is 2.